The van der Waals surface area contributed by atoms with Gasteiger partial charge in [0.15, 0.2) is 0 Å². The van der Waals surface area contributed by atoms with Crippen LogP contribution in [0.5, 0.6) is 0 Å². The van der Waals surface area contributed by atoms with Crippen molar-refractivity contribution in [1.29, 1.82) is 0 Å². The second kappa shape index (κ2) is 4.55. The maximum Gasteiger partial charge on any atom is 0.0627 e. The summed E-state index contributed by atoms with van der Waals surface area (Å²) in [5.74, 6) is 0. The number of nitrogens with one attached hydrogen (secondary N) is 1. The molecule has 0 aromatic carbocycles. The average Bonchev–Trinajstić information content (AvgIpc) is 2.61. The summed E-state index contributed by atoms with van der Waals surface area (Å²) in [5.41, 5.74) is 0.738. The molecule has 1 N–H and O–H groups in total. The second-order valence-electron chi connectivity index (χ2n) is 7.71. The molecule has 2 aliphatic rings. The third kappa shape index (κ3) is 3.03. The SMILES string of the molecule is CC(C)(C)[C@@H]1CC(CC(C)(C)[C@@H]2CCCO2)N1. The van der Waals surface area contributed by atoms with E-state index in [9.17, 15) is 0 Å². The standard InChI is InChI=1S/C15H29NO/c1-14(2,3)12-9-11(16-12)10-15(4,5)13-7-6-8-17-13/h11-13,16H,6-10H2,1-5H3/t11?,12-,13-/m0/s1. The van der Waals surface area contributed by atoms with Crippen LogP contribution in [0.15, 0.2) is 0 Å². The molecule has 2 aliphatic heterocycles. The first-order chi connectivity index (χ1) is 7.79. The Balaban J connectivity index is 1.79. The van der Waals surface area contributed by atoms with Crippen molar-refractivity contribution in [2.75, 3.05) is 6.61 Å². The van der Waals surface area contributed by atoms with E-state index in [0.717, 1.165) is 6.61 Å². The first-order valence-electron chi connectivity index (χ1n) is 7.17. The van der Waals surface area contributed by atoms with Crippen molar-refractivity contribution in [3.05, 3.63) is 0 Å². The topological polar surface area (TPSA) is 21.3 Å². The first kappa shape index (κ1) is 13.4. The second-order valence-corrected chi connectivity index (χ2v) is 7.71. The molecule has 100 valence electrons. The van der Waals surface area contributed by atoms with Crippen LogP contribution in [0.4, 0.5) is 0 Å². The monoisotopic (exact) mass is 239 g/mol. The minimum Gasteiger partial charge on any atom is -0.378 e. The summed E-state index contributed by atoms with van der Waals surface area (Å²) in [4.78, 5) is 0. The molecule has 0 amide bonds. The van der Waals surface area contributed by atoms with Crippen LogP contribution in [-0.2, 0) is 4.74 Å². The highest BCUT2D eigenvalue weighted by atomic mass is 16.5. The average molecular weight is 239 g/mol. The minimum atomic E-state index is 0.330. The van der Waals surface area contributed by atoms with Crippen LogP contribution in [0.1, 0.15) is 60.3 Å². The predicted octanol–water partition coefficient (Wildman–Crippen LogP) is 3.36. The van der Waals surface area contributed by atoms with E-state index < -0.39 is 0 Å². The van der Waals surface area contributed by atoms with Crippen molar-refractivity contribution in [3.8, 4) is 0 Å². The molecule has 0 spiro atoms. The van der Waals surface area contributed by atoms with Crippen molar-refractivity contribution in [3.63, 3.8) is 0 Å². The molecule has 0 radical (unpaired) electrons. The third-order valence-electron chi connectivity index (χ3n) is 4.58. The smallest absolute Gasteiger partial charge is 0.0627 e. The van der Waals surface area contributed by atoms with Crippen LogP contribution in [-0.4, -0.2) is 24.8 Å². The highest BCUT2D eigenvalue weighted by Crippen LogP contribution is 2.39. The van der Waals surface area contributed by atoms with Crippen LogP contribution >= 0.6 is 0 Å². The molecule has 0 saturated carbocycles. The number of hydrogen-bond acceptors (Lipinski definition) is 2. The van der Waals surface area contributed by atoms with Crippen molar-refractivity contribution < 1.29 is 4.74 Å². The van der Waals surface area contributed by atoms with Crippen molar-refractivity contribution in [2.45, 2.75) is 78.5 Å². The molecular weight excluding hydrogens is 210 g/mol. The number of ether oxygens (including phenoxy) is 1. The molecule has 2 saturated heterocycles. The summed E-state index contributed by atoms with van der Waals surface area (Å²) in [7, 11) is 0. The zero-order valence-corrected chi connectivity index (χ0v) is 12.2. The lowest BCUT2D eigenvalue weighted by molar-refractivity contribution is -0.00463. The highest BCUT2D eigenvalue weighted by Gasteiger charge is 2.41. The summed E-state index contributed by atoms with van der Waals surface area (Å²) < 4.78 is 5.85. The summed E-state index contributed by atoms with van der Waals surface area (Å²) in [6, 6.07) is 1.41. The summed E-state index contributed by atoms with van der Waals surface area (Å²) in [6.07, 6.45) is 5.57. The Morgan fingerprint density at radius 3 is 2.29 bits per heavy atom. The van der Waals surface area contributed by atoms with Gasteiger partial charge in [-0.3, -0.25) is 0 Å². The van der Waals surface area contributed by atoms with Crippen molar-refractivity contribution >= 4 is 0 Å². The van der Waals surface area contributed by atoms with E-state index >= 15 is 0 Å². The summed E-state index contributed by atoms with van der Waals surface area (Å²) in [5, 5.41) is 3.74. The van der Waals surface area contributed by atoms with Gasteiger partial charge in [-0.25, -0.2) is 0 Å². The van der Waals surface area contributed by atoms with Crippen LogP contribution in [0.3, 0.4) is 0 Å². The lowest BCUT2D eigenvalue weighted by Gasteiger charge is -2.48. The van der Waals surface area contributed by atoms with Gasteiger partial charge in [-0.2, -0.15) is 0 Å². The van der Waals surface area contributed by atoms with Gasteiger partial charge in [0.1, 0.15) is 0 Å². The van der Waals surface area contributed by atoms with Gasteiger partial charge in [0.05, 0.1) is 6.10 Å². The summed E-state index contributed by atoms with van der Waals surface area (Å²) >= 11 is 0. The molecule has 1 unspecified atom stereocenters. The molecule has 2 fully saturated rings. The maximum atomic E-state index is 5.85. The van der Waals surface area contributed by atoms with Gasteiger partial charge in [0.25, 0.3) is 0 Å². The van der Waals surface area contributed by atoms with Crippen LogP contribution in [0.2, 0.25) is 0 Å². The van der Waals surface area contributed by atoms with Crippen LogP contribution in [0.25, 0.3) is 0 Å². The lowest BCUT2D eigenvalue weighted by atomic mass is 9.71. The fourth-order valence-corrected chi connectivity index (χ4v) is 3.25. The minimum absolute atomic E-state index is 0.330. The molecule has 0 aliphatic carbocycles. The molecular formula is C15H29NO. The Morgan fingerprint density at radius 2 is 1.82 bits per heavy atom. The van der Waals surface area contributed by atoms with E-state index in [2.05, 4.69) is 39.9 Å². The molecule has 2 nitrogen and oxygen atoms in total. The fourth-order valence-electron chi connectivity index (χ4n) is 3.25. The Hall–Kier alpha value is -0.0800. The van der Waals surface area contributed by atoms with Gasteiger partial charge < -0.3 is 10.1 Å². The molecule has 2 rings (SSSR count). The van der Waals surface area contributed by atoms with E-state index in [0.29, 0.717) is 29.0 Å². The zero-order valence-electron chi connectivity index (χ0n) is 12.2. The van der Waals surface area contributed by atoms with Gasteiger partial charge in [-0.05, 0) is 36.5 Å². The summed E-state index contributed by atoms with van der Waals surface area (Å²) in [6.45, 7) is 12.7. The molecule has 2 heteroatoms. The molecule has 2 heterocycles. The van der Waals surface area contributed by atoms with E-state index in [1.165, 1.54) is 25.7 Å². The van der Waals surface area contributed by atoms with E-state index in [-0.39, 0.29) is 0 Å². The Morgan fingerprint density at radius 1 is 1.18 bits per heavy atom. The maximum absolute atomic E-state index is 5.85. The van der Waals surface area contributed by atoms with E-state index in [4.69, 9.17) is 4.74 Å². The molecule has 3 atom stereocenters. The van der Waals surface area contributed by atoms with Crippen LogP contribution < -0.4 is 5.32 Å². The Bertz CT molecular complexity index is 255. The third-order valence-corrected chi connectivity index (χ3v) is 4.58. The molecule has 0 aromatic rings. The van der Waals surface area contributed by atoms with Crippen LogP contribution in [0, 0.1) is 10.8 Å². The van der Waals surface area contributed by atoms with Gasteiger partial charge in [0, 0.05) is 18.7 Å². The molecule has 0 bridgehead atoms. The normalized spacial score (nSPS) is 34.8. The van der Waals surface area contributed by atoms with Gasteiger partial charge in [-0.1, -0.05) is 34.6 Å². The quantitative estimate of drug-likeness (QED) is 0.815. The Labute approximate surface area is 107 Å². The number of hydrogen-bond donors (Lipinski definition) is 1. The van der Waals surface area contributed by atoms with Gasteiger partial charge in [-0.15, -0.1) is 0 Å². The van der Waals surface area contributed by atoms with E-state index in [1.807, 2.05) is 0 Å². The van der Waals surface area contributed by atoms with Gasteiger partial charge in [0.2, 0.25) is 0 Å². The predicted molar refractivity (Wildman–Crippen MR) is 72.2 cm³/mol. The van der Waals surface area contributed by atoms with Gasteiger partial charge >= 0.3 is 0 Å². The fraction of sp³-hybridized carbons (Fsp3) is 1.00. The zero-order chi connectivity index (χ0) is 12.7. The Kier molecular flexibility index (Phi) is 3.57. The van der Waals surface area contributed by atoms with Crippen molar-refractivity contribution in [1.82, 2.24) is 5.32 Å². The van der Waals surface area contributed by atoms with Crippen molar-refractivity contribution in [2.24, 2.45) is 10.8 Å². The largest absolute Gasteiger partial charge is 0.378 e. The first-order valence-corrected chi connectivity index (χ1v) is 7.17. The lowest BCUT2D eigenvalue weighted by Crippen LogP contribution is -2.59. The number of rotatable bonds is 3. The van der Waals surface area contributed by atoms with E-state index in [1.54, 1.807) is 0 Å². The molecule has 0 aromatic heterocycles. The highest BCUT2D eigenvalue weighted by molar-refractivity contribution is 4.98. The molecule has 17 heavy (non-hydrogen) atoms.